The van der Waals surface area contributed by atoms with Crippen molar-refractivity contribution in [1.82, 2.24) is 5.32 Å². The fourth-order valence-corrected chi connectivity index (χ4v) is 1.40. The van der Waals surface area contributed by atoms with Crippen LogP contribution in [0.1, 0.15) is 30.3 Å². The van der Waals surface area contributed by atoms with Gasteiger partial charge in [0.25, 0.3) is 5.91 Å². The second kappa shape index (κ2) is 6.00. The van der Waals surface area contributed by atoms with Crippen LogP contribution in [0.5, 0.6) is 0 Å². The average Bonchev–Trinajstić information content (AvgIpc) is 2.77. The lowest BCUT2D eigenvalue weighted by Crippen LogP contribution is -2.39. The molecule has 1 heterocycles. The van der Waals surface area contributed by atoms with Crippen molar-refractivity contribution in [3.8, 4) is 0 Å². The van der Waals surface area contributed by atoms with Crippen molar-refractivity contribution >= 4 is 11.8 Å². The van der Waals surface area contributed by atoms with E-state index in [1.807, 2.05) is 6.92 Å². The minimum atomic E-state index is -0.691. The van der Waals surface area contributed by atoms with Gasteiger partial charge in [-0.25, -0.2) is 0 Å². The van der Waals surface area contributed by atoms with E-state index in [9.17, 15) is 14.9 Å². The van der Waals surface area contributed by atoms with Gasteiger partial charge >= 0.3 is 5.88 Å². The molecule has 0 spiro atoms. The van der Waals surface area contributed by atoms with Crippen LogP contribution >= 0.6 is 0 Å². The van der Waals surface area contributed by atoms with Crippen molar-refractivity contribution in [2.24, 2.45) is 5.73 Å². The Morgan fingerprint density at radius 3 is 2.82 bits per heavy atom. The van der Waals surface area contributed by atoms with Gasteiger partial charge in [0.15, 0.2) is 5.76 Å². The van der Waals surface area contributed by atoms with Crippen LogP contribution in [0, 0.1) is 10.1 Å². The number of nitro groups is 1. The highest BCUT2D eigenvalue weighted by Gasteiger charge is 2.19. The highest BCUT2D eigenvalue weighted by Crippen LogP contribution is 2.15. The number of amides is 1. The summed E-state index contributed by atoms with van der Waals surface area (Å²) in [5.41, 5.74) is 5.49. The Morgan fingerprint density at radius 2 is 2.35 bits per heavy atom. The summed E-state index contributed by atoms with van der Waals surface area (Å²) < 4.78 is 4.78. The highest BCUT2D eigenvalue weighted by atomic mass is 16.6. The number of rotatable bonds is 6. The van der Waals surface area contributed by atoms with E-state index < -0.39 is 16.7 Å². The van der Waals surface area contributed by atoms with E-state index in [2.05, 4.69) is 5.32 Å². The molecule has 1 atom stereocenters. The van der Waals surface area contributed by atoms with Crippen LogP contribution in [-0.2, 0) is 0 Å². The van der Waals surface area contributed by atoms with Gasteiger partial charge in [-0.15, -0.1) is 0 Å². The number of hydrogen-bond donors (Lipinski definition) is 2. The number of nitrogens with two attached hydrogens (primary N) is 1. The first-order chi connectivity index (χ1) is 8.08. The molecule has 0 aliphatic rings. The predicted octanol–water partition coefficient (Wildman–Crippen LogP) is 1.05. The van der Waals surface area contributed by atoms with Crippen LogP contribution in [0.4, 0.5) is 5.88 Å². The third-order valence-electron chi connectivity index (χ3n) is 2.25. The molecule has 0 saturated carbocycles. The highest BCUT2D eigenvalue weighted by molar-refractivity contribution is 5.91. The van der Waals surface area contributed by atoms with Gasteiger partial charge in [0.05, 0.1) is 6.07 Å². The first-order valence-electron chi connectivity index (χ1n) is 5.33. The number of nitrogens with one attached hydrogen (secondary N) is 1. The molecule has 7 heteroatoms. The zero-order valence-corrected chi connectivity index (χ0v) is 9.51. The standard InChI is InChI=1S/C10H15N3O4/c1-2-3-7(6-11)12-10(14)8-4-5-9(17-8)13(15)16/h4-5,7H,2-3,6,11H2,1H3,(H,12,14). The maximum absolute atomic E-state index is 11.6. The Balaban J connectivity index is 2.65. The molecule has 0 aliphatic carbocycles. The molecule has 0 aromatic carbocycles. The molecule has 1 rings (SSSR count). The van der Waals surface area contributed by atoms with Crippen molar-refractivity contribution in [3.63, 3.8) is 0 Å². The fourth-order valence-electron chi connectivity index (χ4n) is 1.40. The van der Waals surface area contributed by atoms with Crippen LogP contribution in [0.25, 0.3) is 0 Å². The van der Waals surface area contributed by atoms with Crippen LogP contribution in [0.2, 0.25) is 0 Å². The zero-order chi connectivity index (χ0) is 12.8. The number of carbonyl (C=O) groups is 1. The SMILES string of the molecule is CCCC(CN)NC(=O)c1ccc([N+](=O)[O-])o1. The third-order valence-corrected chi connectivity index (χ3v) is 2.25. The average molecular weight is 241 g/mol. The molecule has 0 aliphatic heterocycles. The lowest BCUT2D eigenvalue weighted by atomic mass is 10.1. The smallest absolute Gasteiger partial charge is 0.395 e. The van der Waals surface area contributed by atoms with E-state index in [1.165, 1.54) is 6.07 Å². The maximum atomic E-state index is 11.6. The number of carbonyl (C=O) groups excluding carboxylic acids is 1. The lowest BCUT2D eigenvalue weighted by Gasteiger charge is -2.14. The lowest BCUT2D eigenvalue weighted by molar-refractivity contribution is -0.402. The third kappa shape index (κ3) is 3.56. The molecule has 1 unspecified atom stereocenters. The number of hydrogen-bond acceptors (Lipinski definition) is 5. The Bertz CT molecular complexity index is 402. The summed E-state index contributed by atoms with van der Waals surface area (Å²) in [4.78, 5) is 21.3. The van der Waals surface area contributed by atoms with Gasteiger partial charge in [0, 0.05) is 12.6 Å². The largest absolute Gasteiger partial charge is 0.433 e. The first-order valence-corrected chi connectivity index (χ1v) is 5.33. The van der Waals surface area contributed by atoms with E-state index in [1.54, 1.807) is 0 Å². The molecule has 94 valence electrons. The molecule has 0 bridgehead atoms. The van der Waals surface area contributed by atoms with Gasteiger partial charge in [-0.05, 0) is 12.5 Å². The van der Waals surface area contributed by atoms with Gasteiger partial charge in [0.1, 0.15) is 4.92 Å². The molecule has 1 aromatic rings. The van der Waals surface area contributed by atoms with E-state index in [0.717, 1.165) is 18.9 Å². The van der Waals surface area contributed by atoms with Crippen LogP contribution in [-0.4, -0.2) is 23.4 Å². The van der Waals surface area contributed by atoms with Gasteiger partial charge in [-0.3, -0.25) is 14.9 Å². The summed E-state index contributed by atoms with van der Waals surface area (Å²) in [6.07, 6.45) is 1.64. The van der Waals surface area contributed by atoms with E-state index in [4.69, 9.17) is 10.2 Å². The number of nitrogens with zero attached hydrogens (tertiary/aromatic N) is 1. The molecule has 0 fully saturated rings. The van der Waals surface area contributed by atoms with Crippen molar-refractivity contribution in [1.29, 1.82) is 0 Å². The van der Waals surface area contributed by atoms with Gasteiger partial charge in [-0.1, -0.05) is 13.3 Å². The monoisotopic (exact) mass is 241 g/mol. The van der Waals surface area contributed by atoms with Gasteiger partial charge in [-0.2, -0.15) is 0 Å². The second-order valence-corrected chi connectivity index (χ2v) is 3.59. The van der Waals surface area contributed by atoms with Gasteiger partial charge in [0.2, 0.25) is 0 Å². The maximum Gasteiger partial charge on any atom is 0.433 e. The van der Waals surface area contributed by atoms with E-state index in [0.29, 0.717) is 6.54 Å². The van der Waals surface area contributed by atoms with Crippen molar-refractivity contribution < 1.29 is 14.1 Å². The molecule has 0 radical (unpaired) electrons. The quantitative estimate of drug-likeness (QED) is 0.571. The Labute approximate surface area is 98.1 Å². The summed E-state index contributed by atoms with van der Waals surface area (Å²) >= 11 is 0. The van der Waals surface area contributed by atoms with Crippen molar-refractivity contribution in [3.05, 3.63) is 28.0 Å². The van der Waals surface area contributed by atoms with Crippen molar-refractivity contribution in [2.75, 3.05) is 6.54 Å². The number of furan rings is 1. The summed E-state index contributed by atoms with van der Waals surface area (Å²) in [5, 5.41) is 13.0. The van der Waals surface area contributed by atoms with Crippen LogP contribution in [0.3, 0.4) is 0 Å². The minimum Gasteiger partial charge on any atom is -0.395 e. The van der Waals surface area contributed by atoms with E-state index >= 15 is 0 Å². The summed E-state index contributed by atoms with van der Waals surface area (Å²) in [6.45, 7) is 2.30. The molecule has 7 nitrogen and oxygen atoms in total. The minimum absolute atomic E-state index is 0.0775. The van der Waals surface area contributed by atoms with E-state index in [-0.39, 0.29) is 11.8 Å². The molecule has 1 aromatic heterocycles. The summed E-state index contributed by atoms with van der Waals surface area (Å²) in [5.74, 6) is -1.01. The Morgan fingerprint density at radius 1 is 1.65 bits per heavy atom. The molecular weight excluding hydrogens is 226 g/mol. The zero-order valence-electron chi connectivity index (χ0n) is 9.51. The molecule has 0 saturated heterocycles. The van der Waals surface area contributed by atoms with Crippen LogP contribution in [0.15, 0.2) is 16.5 Å². The molecule has 3 N–H and O–H groups in total. The molecule has 1 amide bonds. The topological polar surface area (TPSA) is 111 Å². The summed E-state index contributed by atoms with van der Waals surface area (Å²) in [6, 6.07) is 2.27. The second-order valence-electron chi connectivity index (χ2n) is 3.59. The molecule has 17 heavy (non-hydrogen) atoms. The first kappa shape index (κ1) is 13.2. The predicted molar refractivity (Wildman–Crippen MR) is 60.6 cm³/mol. The normalized spacial score (nSPS) is 12.1. The summed E-state index contributed by atoms with van der Waals surface area (Å²) in [7, 11) is 0. The Hall–Kier alpha value is -1.89. The van der Waals surface area contributed by atoms with Crippen molar-refractivity contribution in [2.45, 2.75) is 25.8 Å². The molecular formula is C10H15N3O4. The fraction of sp³-hybridized carbons (Fsp3) is 0.500. The van der Waals surface area contributed by atoms with Crippen LogP contribution < -0.4 is 11.1 Å². The Kier molecular flexibility index (Phi) is 4.65. The van der Waals surface area contributed by atoms with Gasteiger partial charge < -0.3 is 15.5 Å².